The van der Waals surface area contributed by atoms with E-state index in [4.69, 9.17) is 4.74 Å². The maximum Gasteiger partial charge on any atom is 0.314 e. The van der Waals surface area contributed by atoms with Gasteiger partial charge in [0.2, 0.25) is 0 Å². The van der Waals surface area contributed by atoms with Crippen molar-refractivity contribution in [3.63, 3.8) is 0 Å². The number of halogens is 1. The average Bonchev–Trinajstić information content (AvgIpc) is 2.74. The van der Waals surface area contributed by atoms with Crippen molar-refractivity contribution in [2.75, 3.05) is 13.1 Å². The van der Waals surface area contributed by atoms with Crippen LogP contribution in [0.4, 0.5) is 4.39 Å². The summed E-state index contributed by atoms with van der Waals surface area (Å²) < 4.78 is 18.4. The van der Waals surface area contributed by atoms with Crippen LogP contribution in [0, 0.1) is 11.7 Å². The highest BCUT2D eigenvalue weighted by atomic mass is 19.1. The van der Waals surface area contributed by atoms with Crippen molar-refractivity contribution in [3.05, 3.63) is 65.5 Å². The van der Waals surface area contributed by atoms with Crippen LogP contribution in [0.25, 0.3) is 0 Å². The number of nitrogens with zero attached hydrogens (tertiary/aromatic N) is 1. The summed E-state index contributed by atoms with van der Waals surface area (Å²) >= 11 is 0. The number of rotatable bonds is 5. The maximum atomic E-state index is 13.0. The molecule has 0 unspecified atom stereocenters. The van der Waals surface area contributed by atoms with Gasteiger partial charge in [0.05, 0.1) is 5.92 Å². The highest BCUT2D eigenvalue weighted by Gasteiger charge is 2.29. The van der Waals surface area contributed by atoms with Crippen molar-refractivity contribution in [1.29, 1.82) is 0 Å². The Balaban J connectivity index is 1.53. The first-order chi connectivity index (χ1) is 13.5. The molecule has 146 valence electrons. The minimum absolute atomic E-state index is 0.0380. The van der Waals surface area contributed by atoms with Gasteiger partial charge in [-0.15, -0.1) is 0 Å². The number of amides is 1. The number of carbonyl (C=O) groups is 3. The van der Waals surface area contributed by atoms with Crippen molar-refractivity contribution in [1.82, 2.24) is 4.90 Å². The van der Waals surface area contributed by atoms with Gasteiger partial charge in [0.1, 0.15) is 11.6 Å². The third kappa shape index (κ3) is 4.63. The second kappa shape index (κ2) is 8.78. The molecule has 1 heterocycles. The number of piperidine rings is 1. The van der Waals surface area contributed by atoms with E-state index in [1.165, 1.54) is 24.3 Å². The van der Waals surface area contributed by atoms with Gasteiger partial charge in [-0.1, -0.05) is 6.92 Å². The Morgan fingerprint density at radius 3 is 2.11 bits per heavy atom. The summed E-state index contributed by atoms with van der Waals surface area (Å²) in [6.07, 6.45) is 1.45. The van der Waals surface area contributed by atoms with Crippen molar-refractivity contribution in [2.45, 2.75) is 26.2 Å². The Morgan fingerprint density at radius 1 is 0.964 bits per heavy atom. The van der Waals surface area contributed by atoms with E-state index >= 15 is 0 Å². The standard InChI is InChI=1S/C22H22FNO4/c1-2-20(25)15-5-9-19(10-6-15)28-22(27)17-11-13-24(14-12-17)21(26)16-3-7-18(23)8-4-16/h3-10,17H,2,11-14H2,1H3. The molecule has 1 fully saturated rings. The van der Waals surface area contributed by atoms with Gasteiger partial charge in [-0.05, 0) is 61.4 Å². The van der Waals surface area contributed by atoms with Crippen LogP contribution < -0.4 is 4.74 Å². The van der Waals surface area contributed by atoms with Gasteiger partial charge in [-0.3, -0.25) is 14.4 Å². The molecule has 0 saturated carbocycles. The lowest BCUT2D eigenvalue weighted by molar-refractivity contribution is -0.140. The number of hydrogen-bond acceptors (Lipinski definition) is 4. The topological polar surface area (TPSA) is 63.7 Å². The molecule has 6 heteroatoms. The second-order valence-electron chi connectivity index (χ2n) is 6.80. The zero-order valence-electron chi connectivity index (χ0n) is 15.7. The molecule has 1 saturated heterocycles. The van der Waals surface area contributed by atoms with E-state index in [1.807, 2.05) is 0 Å². The molecular formula is C22H22FNO4. The molecule has 1 aliphatic rings. The van der Waals surface area contributed by atoms with Gasteiger partial charge in [0, 0.05) is 30.6 Å². The number of Topliss-reactive ketones (excluding diaryl/α,β-unsaturated/α-hetero) is 1. The predicted molar refractivity (Wildman–Crippen MR) is 102 cm³/mol. The van der Waals surface area contributed by atoms with Gasteiger partial charge in [0.15, 0.2) is 5.78 Å². The third-order valence-corrected chi connectivity index (χ3v) is 4.92. The quantitative estimate of drug-likeness (QED) is 0.447. The lowest BCUT2D eigenvalue weighted by Gasteiger charge is -2.31. The van der Waals surface area contributed by atoms with Crippen LogP contribution in [0.2, 0.25) is 0 Å². The smallest absolute Gasteiger partial charge is 0.314 e. The zero-order valence-corrected chi connectivity index (χ0v) is 15.7. The van der Waals surface area contributed by atoms with E-state index < -0.39 is 0 Å². The molecule has 0 aliphatic carbocycles. The summed E-state index contributed by atoms with van der Waals surface area (Å²) in [4.78, 5) is 38.2. The number of hydrogen-bond donors (Lipinski definition) is 0. The van der Waals surface area contributed by atoms with Gasteiger partial charge in [-0.2, -0.15) is 0 Å². The SMILES string of the molecule is CCC(=O)c1ccc(OC(=O)C2CCN(C(=O)c3ccc(F)cc3)CC2)cc1. The summed E-state index contributed by atoms with van der Waals surface area (Å²) in [5.74, 6) is -0.718. The number of ketones is 1. The Bertz CT molecular complexity index is 853. The first-order valence-electron chi connectivity index (χ1n) is 9.37. The van der Waals surface area contributed by atoms with Crippen LogP contribution in [-0.2, 0) is 4.79 Å². The van der Waals surface area contributed by atoms with Crippen molar-refractivity contribution < 1.29 is 23.5 Å². The summed E-state index contributed by atoms with van der Waals surface area (Å²) in [7, 11) is 0. The molecule has 3 rings (SSSR count). The van der Waals surface area contributed by atoms with Crippen LogP contribution in [-0.4, -0.2) is 35.6 Å². The molecule has 0 atom stereocenters. The molecule has 0 N–H and O–H groups in total. The van der Waals surface area contributed by atoms with Gasteiger partial charge >= 0.3 is 5.97 Å². The number of likely N-dealkylation sites (tertiary alicyclic amines) is 1. The van der Waals surface area contributed by atoms with Crippen LogP contribution in [0.3, 0.4) is 0 Å². The average molecular weight is 383 g/mol. The molecule has 0 radical (unpaired) electrons. The number of carbonyl (C=O) groups excluding carboxylic acids is 3. The molecule has 5 nitrogen and oxygen atoms in total. The largest absolute Gasteiger partial charge is 0.426 e. The Morgan fingerprint density at radius 2 is 1.54 bits per heavy atom. The normalized spacial score (nSPS) is 14.6. The summed E-state index contributed by atoms with van der Waals surface area (Å²) in [5.41, 5.74) is 1.03. The minimum Gasteiger partial charge on any atom is -0.426 e. The predicted octanol–water partition coefficient (Wildman–Crippen LogP) is 3.88. The fraction of sp³-hybridized carbons (Fsp3) is 0.318. The maximum absolute atomic E-state index is 13.0. The van der Waals surface area contributed by atoms with Gasteiger partial charge in [0.25, 0.3) is 5.91 Å². The zero-order chi connectivity index (χ0) is 20.1. The Labute approximate surface area is 163 Å². The first kappa shape index (κ1) is 19.7. The molecule has 0 aromatic heterocycles. The van der Waals surface area contributed by atoms with E-state index in [2.05, 4.69) is 0 Å². The monoisotopic (exact) mass is 383 g/mol. The third-order valence-electron chi connectivity index (χ3n) is 4.92. The van der Waals surface area contributed by atoms with Crippen LogP contribution in [0.1, 0.15) is 46.9 Å². The first-order valence-corrected chi connectivity index (χ1v) is 9.37. The molecular weight excluding hydrogens is 361 g/mol. The lowest BCUT2D eigenvalue weighted by Crippen LogP contribution is -2.41. The van der Waals surface area contributed by atoms with Crippen LogP contribution in [0.15, 0.2) is 48.5 Å². The highest BCUT2D eigenvalue weighted by molar-refractivity contribution is 5.96. The lowest BCUT2D eigenvalue weighted by atomic mass is 9.96. The summed E-state index contributed by atoms with van der Waals surface area (Å²) in [6.45, 7) is 2.68. The van der Waals surface area contributed by atoms with Crippen molar-refractivity contribution in [3.8, 4) is 5.75 Å². The highest BCUT2D eigenvalue weighted by Crippen LogP contribution is 2.22. The molecule has 2 aromatic rings. The fourth-order valence-corrected chi connectivity index (χ4v) is 3.21. The van der Waals surface area contributed by atoms with Gasteiger partial charge < -0.3 is 9.64 Å². The molecule has 28 heavy (non-hydrogen) atoms. The fourth-order valence-electron chi connectivity index (χ4n) is 3.21. The number of ether oxygens (including phenoxy) is 1. The van der Waals surface area contributed by atoms with Gasteiger partial charge in [-0.25, -0.2) is 4.39 Å². The summed E-state index contributed by atoms with van der Waals surface area (Å²) in [6, 6.07) is 12.0. The Hall–Kier alpha value is -3.02. The van der Waals surface area contributed by atoms with E-state index in [0.717, 1.165) is 0 Å². The number of benzene rings is 2. The van der Waals surface area contributed by atoms with Crippen LogP contribution in [0.5, 0.6) is 5.75 Å². The number of esters is 1. The molecule has 1 amide bonds. The van der Waals surface area contributed by atoms with Crippen molar-refractivity contribution in [2.24, 2.45) is 5.92 Å². The second-order valence-corrected chi connectivity index (χ2v) is 6.80. The molecule has 1 aliphatic heterocycles. The van der Waals surface area contributed by atoms with Crippen molar-refractivity contribution >= 4 is 17.7 Å². The summed E-state index contributed by atoms with van der Waals surface area (Å²) in [5, 5.41) is 0. The van der Waals surface area contributed by atoms with E-state index in [0.29, 0.717) is 49.2 Å². The molecule has 0 spiro atoms. The van der Waals surface area contributed by atoms with Crippen LogP contribution >= 0.6 is 0 Å². The Kier molecular flexibility index (Phi) is 6.19. The van der Waals surface area contributed by atoms with E-state index in [-0.39, 0.29) is 29.4 Å². The van der Waals surface area contributed by atoms with E-state index in [9.17, 15) is 18.8 Å². The molecule has 0 bridgehead atoms. The van der Waals surface area contributed by atoms with E-state index in [1.54, 1.807) is 36.1 Å². The molecule has 2 aromatic carbocycles. The minimum atomic E-state index is -0.384.